The number of aromatic nitrogens is 5. The normalized spacial score (nSPS) is 11.4. The SMILES string of the molecule is CCOCCN(c1cc(-c2ccc(OC)nc2)c2c(C)cn(-c3ccn[nH]3)c2n1)C(C)C. The summed E-state index contributed by atoms with van der Waals surface area (Å²) in [5.74, 6) is 2.36. The second-order valence-electron chi connectivity index (χ2n) is 7.92. The van der Waals surface area contributed by atoms with Gasteiger partial charge < -0.3 is 14.4 Å². The van der Waals surface area contributed by atoms with E-state index in [0.29, 0.717) is 19.1 Å². The van der Waals surface area contributed by atoms with E-state index in [1.807, 2.05) is 31.3 Å². The van der Waals surface area contributed by atoms with Crippen LogP contribution in [0.3, 0.4) is 0 Å². The molecule has 0 aliphatic carbocycles. The number of fused-ring (bicyclic) bond motifs is 1. The summed E-state index contributed by atoms with van der Waals surface area (Å²) in [5, 5.41) is 8.27. The van der Waals surface area contributed by atoms with Gasteiger partial charge in [-0.3, -0.25) is 9.67 Å². The molecule has 4 aromatic rings. The van der Waals surface area contributed by atoms with Crippen LogP contribution in [0.2, 0.25) is 0 Å². The largest absolute Gasteiger partial charge is 0.481 e. The molecular formula is C24H30N6O2. The minimum absolute atomic E-state index is 0.263. The number of ether oxygens (including phenoxy) is 2. The molecule has 0 bridgehead atoms. The van der Waals surface area contributed by atoms with Crippen LogP contribution in [0.5, 0.6) is 5.88 Å². The molecule has 0 aromatic carbocycles. The third-order valence-electron chi connectivity index (χ3n) is 5.53. The van der Waals surface area contributed by atoms with Crippen LogP contribution in [0.1, 0.15) is 26.3 Å². The van der Waals surface area contributed by atoms with Crippen LogP contribution in [0.15, 0.2) is 42.9 Å². The van der Waals surface area contributed by atoms with Gasteiger partial charge in [0, 0.05) is 54.7 Å². The number of anilines is 1. The van der Waals surface area contributed by atoms with Gasteiger partial charge in [0.1, 0.15) is 17.3 Å². The topological polar surface area (TPSA) is 81.1 Å². The highest BCUT2D eigenvalue weighted by atomic mass is 16.5. The molecule has 0 unspecified atom stereocenters. The van der Waals surface area contributed by atoms with E-state index in [0.717, 1.165) is 45.9 Å². The molecule has 32 heavy (non-hydrogen) atoms. The van der Waals surface area contributed by atoms with E-state index < -0.39 is 0 Å². The second kappa shape index (κ2) is 9.40. The van der Waals surface area contributed by atoms with Crippen molar-refractivity contribution in [3.8, 4) is 22.8 Å². The number of H-pyrrole nitrogens is 1. The van der Waals surface area contributed by atoms with E-state index in [2.05, 4.69) is 57.7 Å². The van der Waals surface area contributed by atoms with Crippen molar-refractivity contribution < 1.29 is 9.47 Å². The number of pyridine rings is 2. The Bertz CT molecular complexity index is 1170. The van der Waals surface area contributed by atoms with Gasteiger partial charge in [-0.25, -0.2) is 9.97 Å². The van der Waals surface area contributed by atoms with Gasteiger partial charge in [0.2, 0.25) is 5.88 Å². The molecule has 4 rings (SSSR count). The van der Waals surface area contributed by atoms with Crippen molar-refractivity contribution in [1.82, 2.24) is 24.7 Å². The zero-order valence-electron chi connectivity index (χ0n) is 19.3. The Morgan fingerprint density at radius 3 is 2.69 bits per heavy atom. The molecule has 4 aromatic heterocycles. The van der Waals surface area contributed by atoms with Crippen LogP contribution in [0.4, 0.5) is 5.82 Å². The Hall–Kier alpha value is -3.39. The van der Waals surface area contributed by atoms with Crippen LogP contribution in [-0.2, 0) is 4.74 Å². The Kier molecular flexibility index (Phi) is 6.41. The second-order valence-corrected chi connectivity index (χ2v) is 7.92. The number of nitrogens with one attached hydrogen (secondary N) is 1. The van der Waals surface area contributed by atoms with Gasteiger partial charge in [0.05, 0.1) is 19.9 Å². The van der Waals surface area contributed by atoms with Gasteiger partial charge >= 0.3 is 0 Å². The minimum Gasteiger partial charge on any atom is -0.481 e. The summed E-state index contributed by atoms with van der Waals surface area (Å²) < 4.78 is 13.0. The number of aryl methyl sites for hydroxylation is 1. The molecule has 0 spiro atoms. The number of nitrogens with zero attached hydrogens (tertiary/aromatic N) is 5. The molecule has 0 aliphatic heterocycles. The van der Waals surface area contributed by atoms with Crippen molar-refractivity contribution in [2.24, 2.45) is 0 Å². The van der Waals surface area contributed by atoms with Crippen molar-refractivity contribution in [3.05, 3.63) is 48.4 Å². The van der Waals surface area contributed by atoms with Crippen molar-refractivity contribution in [3.63, 3.8) is 0 Å². The van der Waals surface area contributed by atoms with Crippen LogP contribution in [0.25, 0.3) is 28.0 Å². The summed E-state index contributed by atoms with van der Waals surface area (Å²) in [4.78, 5) is 11.8. The molecule has 168 valence electrons. The zero-order valence-corrected chi connectivity index (χ0v) is 19.3. The highest BCUT2D eigenvalue weighted by Crippen LogP contribution is 2.36. The van der Waals surface area contributed by atoms with Crippen molar-refractivity contribution in [2.45, 2.75) is 33.7 Å². The van der Waals surface area contributed by atoms with Crippen LogP contribution >= 0.6 is 0 Å². The predicted molar refractivity (Wildman–Crippen MR) is 127 cm³/mol. The molecule has 4 heterocycles. The molecule has 0 fully saturated rings. The third kappa shape index (κ3) is 4.18. The molecule has 0 amide bonds. The van der Waals surface area contributed by atoms with E-state index in [1.165, 1.54) is 0 Å². The number of hydrogen-bond acceptors (Lipinski definition) is 6. The van der Waals surface area contributed by atoms with Crippen LogP contribution in [-0.4, -0.2) is 57.6 Å². The average molecular weight is 435 g/mol. The number of rotatable bonds is 9. The molecule has 0 aliphatic rings. The van der Waals surface area contributed by atoms with Crippen LogP contribution < -0.4 is 9.64 Å². The summed E-state index contributed by atoms with van der Waals surface area (Å²) in [6, 6.07) is 8.28. The molecule has 8 heteroatoms. The molecule has 0 radical (unpaired) electrons. The van der Waals surface area contributed by atoms with E-state index in [1.54, 1.807) is 13.3 Å². The monoisotopic (exact) mass is 434 g/mol. The van der Waals surface area contributed by atoms with Gasteiger partial charge in [-0.1, -0.05) is 0 Å². The smallest absolute Gasteiger partial charge is 0.212 e. The van der Waals surface area contributed by atoms with Crippen molar-refractivity contribution in [2.75, 3.05) is 31.8 Å². The fraction of sp³-hybridized carbons (Fsp3) is 0.375. The summed E-state index contributed by atoms with van der Waals surface area (Å²) in [6.07, 6.45) is 5.69. The lowest BCUT2D eigenvalue weighted by atomic mass is 10.0. The van der Waals surface area contributed by atoms with E-state index in [9.17, 15) is 0 Å². The minimum atomic E-state index is 0.263. The molecule has 8 nitrogen and oxygen atoms in total. The number of methoxy groups -OCH3 is 1. The van der Waals surface area contributed by atoms with E-state index >= 15 is 0 Å². The highest BCUT2D eigenvalue weighted by Gasteiger charge is 2.20. The summed E-state index contributed by atoms with van der Waals surface area (Å²) in [5.41, 5.74) is 4.10. The lowest BCUT2D eigenvalue weighted by molar-refractivity contribution is 0.152. The molecule has 0 saturated heterocycles. The fourth-order valence-corrected chi connectivity index (χ4v) is 3.95. The van der Waals surface area contributed by atoms with Crippen molar-refractivity contribution >= 4 is 16.9 Å². The Labute approximate surface area is 188 Å². The molecule has 0 atom stereocenters. The first-order valence-corrected chi connectivity index (χ1v) is 10.9. The number of hydrogen-bond donors (Lipinski definition) is 1. The lowest BCUT2D eigenvalue weighted by Crippen LogP contribution is -2.34. The maximum Gasteiger partial charge on any atom is 0.212 e. The van der Waals surface area contributed by atoms with Crippen LogP contribution in [0, 0.1) is 6.92 Å². The first kappa shape index (κ1) is 21.8. The fourth-order valence-electron chi connectivity index (χ4n) is 3.95. The lowest BCUT2D eigenvalue weighted by Gasteiger charge is -2.28. The van der Waals surface area contributed by atoms with Gasteiger partial charge in [-0.05, 0) is 51.0 Å². The van der Waals surface area contributed by atoms with E-state index in [-0.39, 0.29) is 6.04 Å². The number of aromatic amines is 1. The molecule has 0 saturated carbocycles. The molecule has 1 N–H and O–H groups in total. The van der Waals surface area contributed by atoms with E-state index in [4.69, 9.17) is 14.5 Å². The quantitative estimate of drug-likeness (QED) is 0.394. The Morgan fingerprint density at radius 2 is 2.06 bits per heavy atom. The highest BCUT2D eigenvalue weighted by molar-refractivity contribution is 5.98. The summed E-state index contributed by atoms with van der Waals surface area (Å²) in [6.45, 7) is 10.6. The first-order valence-electron chi connectivity index (χ1n) is 10.9. The third-order valence-corrected chi connectivity index (χ3v) is 5.53. The van der Waals surface area contributed by atoms with Gasteiger partial charge in [0.25, 0.3) is 0 Å². The maximum absolute atomic E-state index is 5.64. The molecular weight excluding hydrogens is 404 g/mol. The average Bonchev–Trinajstić information content (AvgIpc) is 3.44. The van der Waals surface area contributed by atoms with Gasteiger partial charge in [-0.2, -0.15) is 5.10 Å². The zero-order chi connectivity index (χ0) is 22.7. The first-order chi connectivity index (χ1) is 15.5. The Balaban J connectivity index is 1.93. The van der Waals surface area contributed by atoms with Gasteiger partial charge in [0.15, 0.2) is 0 Å². The standard InChI is InChI=1S/C24H30N6O2/c1-6-32-12-11-29(16(2)3)21-13-19(18-7-8-22(31-5)25-14-18)23-17(4)15-30(24(23)27-21)20-9-10-26-28-20/h7-10,13-16H,6,11-12H2,1-5H3,(H,26,28). The van der Waals surface area contributed by atoms with Gasteiger partial charge in [-0.15, -0.1) is 0 Å². The van der Waals surface area contributed by atoms with Crippen molar-refractivity contribution in [1.29, 1.82) is 0 Å². The maximum atomic E-state index is 5.64. The Morgan fingerprint density at radius 1 is 1.22 bits per heavy atom. The predicted octanol–water partition coefficient (Wildman–Crippen LogP) is 4.38. The summed E-state index contributed by atoms with van der Waals surface area (Å²) in [7, 11) is 1.62. The summed E-state index contributed by atoms with van der Waals surface area (Å²) >= 11 is 0.